The number of hydrogen-bond donors (Lipinski definition) is 2. The Morgan fingerprint density at radius 1 is 0.967 bits per heavy atom. The second-order valence-corrected chi connectivity index (χ2v) is 7.75. The Hall–Kier alpha value is -3.53. The maximum Gasteiger partial charge on any atom is 0.232 e. The summed E-state index contributed by atoms with van der Waals surface area (Å²) in [6, 6.07) is 14.0. The third-order valence-corrected chi connectivity index (χ3v) is 5.51. The molecule has 0 saturated heterocycles. The number of hydrogen-bond acceptors (Lipinski definition) is 9. The quantitative estimate of drug-likeness (QED) is 0.453. The number of rotatable bonds is 6. The average Bonchev–Trinajstić information content (AvgIpc) is 3.18. The molecule has 0 aliphatic rings. The minimum atomic E-state index is 0.158. The van der Waals surface area contributed by atoms with Crippen molar-refractivity contribution in [1.29, 1.82) is 0 Å². The van der Waals surface area contributed by atoms with Crippen molar-refractivity contribution in [2.75, 3.05) is 11.1 Å². The van der Waals surface area contributed by atoms with Crippen LogP contribution in [0.3, 0.4) is 0 Å². The lowest BCUT2D eigenvalue weighted by molar-refractivity contribution is 0.755. The van der Waals surface area contributed by atoms with E-state index in [0.29, 0.717) is 22.7 Å². The van der Waals surface area contributed by atoms with Crippen LogP contribution in [-0.4, -0.2) is 35.2 Å². The molecule has 2 aromatic heterocycles. The number of nitrogens with zero attached hydrogens (tertiary/aromatic N) is 7. The van der Waals surface area contributed by atoms with Crippen molar-refractivity contribution >= 4 is 29.3 Å². The number of para-hydroxylation sites is 1. The predicted octanol–water partition coefficient (Wildman–Crippen LogP) is 3.39. The molecule has 152 valence electrons. The maximum atomic E-state index is 5.89. The molecule has 0 unspecified atom stereocenters. The summed E-state index contributed by atoms with van der Waals surface area (Å²) in [4.78, 5) is 12.9. The van der Waals surface area contributed by atoms with E-state index in [1.54, 1.807) is 4.68 Å². The van der Waals surface area contributed by atoms with E-state index in [0.717, 1.165) is 16.9 Å². The van der Waals surface area contributed by atoms with Crippen LogP contribution >= 0.6 is 11.8 Å². The minimum absolute atomic E-state index is 0.158. The van der Waals surface area contributed by atoms with Crippen LogP contribution in [0.4, 0.5) is 17.6 Å². The third kappa shape index (κ3) is 4.38. The molecule has 2 heterocycles. The maximum absolute atomic E-state index is 5.89. The van der Waals surface area contributed by atoms with Gasteiger partial charge in [-0.05, 0) is 66.1 Å². The van der Waals surface area contributed by atoms with Crippen molar-refractivity contribution in [3.05, 3.63) is 65.0 Å². The van der Waals surface area contributed by atoms with Gasteiger partial charge in [-0.1, -0.05) is 36.0 Å². The van der Waals surface area contributed by atoms with Gasteiger partial charge < -0.3 is 11.1 Å². The van der Waals surface area contributed by atoms with Crippen LogP contribution < -0.4 is 11.1 Å². The lowest BCUT2D eigenvalue weighted by Gasteiger charge is -2.09. The molecule has 0 atom stereocenters. The van der Waals surface area contributed by atoms with Crippen molar-refractivity contribution in [2.24, 2.45) is 0 Å². The van der Waals surface area contributed by atoms with Gasteiger partial charge >= 0.3 is 0 Å². The van der Waals surface area contributed by atoms with E-state index in [-0.39, 0.29) is 5.95 Å². The molecule has 2 aromatic carbocycles. The van der Waals surface area contributed by atoms with Crippen LogP contribution in [0, 0.1) is 20.8 Å². The molecule has 9 nitrogen and oxygen atoms in total. The molecule has 3 N–H and O–H groups in total. The van der Waals surface area contributed by atoms with E-state index in [4.69, 9.17) is 5.73 Å². The number of aromatic nitrogens is 7. The van der Waals surface area contributed by atoms with Gasteiger partial charge in [-0.15, -0.1) is 5.10 Å². The van der Waals surface area contributed by atoms with Crippen molar-refractivity contribution < 1.29 is 0 Å². The van der Waals surface area contributed by atoms with Crippen molar-refractivity contribution in [1.82, 2.24) is 35.2 Å². The van der Waals surface area contributed by atoms with E-state index in [1.165, 1.54) is 22.9 Å². The van der Waals surface area contributed by atoms with E-state index >= 15 is 0 Å². The molecule has 0 bridgehead atoms. The number of nitrogen functional groups attached to an aromatic ring is 1. The average molecular weight is 420 g/mol. The molecule has 0 fully saturated rings. The van der Waals surface area contributed by atoms with Gasteiger partial charge in [-0.25, -0.2) is 0 Å². The number of tetrazole rings is 1. The van der Waals surface area contributed by atoms with Gasteiger partial charge in [-0.3, -0.25) is 0 Å². The number of nitrogens with one attached hydrogen (secondary N) is 1. The van der Waals surface area contributed by atoms with E-state index < -0.39 is 0 Å². The van der Waals surface area contributed by atoms with E-state index in [2.05, 4.69) is 61.8 Å². The van der Waals surface area contributed by atoms with E-state index in [1.807, 2.05) is 37.3 Å². The number of anilines is 3. The normalized spacial score (nSPS) is 10.9. The highest BCUT2D eigenvalue weighted by Crippen LogP contribution is 2.24. The summed E-state index contributed by atoms with van der Waals surface area (Å²) in [6.07, 6.45) is 0. The summed E-state index contributed by atoms with van der Waals surface area (Å²) < 4.78 is 1.70. The van der Waals surface area contributed by atoms with Crippen LogP contribution in [0.25, 0.3) is 5.69 Å². The van der Waals surface area contributed by atoms with Crippen molar-refractivity contribution in [3.8, 4) is 5.69 Å². The molecule has 0 aliphatic heterocycles. The van der Waals surface area contributed by atoms with Gasteiger partial charge in [0.25, 0.3) is 0 Å². The van der Waals surface area contributed by atoms with Crippen molar-refractivity contribution in [2.45, 2.75) is 31.7 Å². The van der Waals surface area contributed by atoms with Gasteiger partial charge in [0.1, 0.15) is 5.82 Å². The van der Waals surface area contributed by atoms with Gasteiger partial charge in [0, 0.05) is 5.69 Å². The molecular formula is C20H21N9S. The zero-order valence-corrected chi connectivity index (χ0v) is 17.7. The fourth-order valence-corrected chi connectivity index (χ4v) is 3.56. The smallest absolute Gasteiger partial charge is 0.232 e. The summed E-state index contributed by atoms with van der Waals surface area (Å²) in [5, 5.41) is 15.9. The zero-order valence-electron chi connectivity index (χ0n) is 16.9. The molecule has 4 aromatic rings. The molecule has 10 heteroatoms. The summed E-state index contributed by atoms with van der Waals surface area (Å²) >= 11 is 1.43. The first-order valence-electron chi connectivity index (χ1n) is 9.31. The molecule has 0 aliphatic carbocycles. The van der Waals surface area contributed by atoms with Gasteiger partial charge in [-0.2, -0.15) is 19.6 Å². The number of thioether (sulfide) groups is 1. The first-order valence-corrected chi connectivity index (χ1v) is 10.3. The van der Waals surface area contributed by atoms with Crippen LogP contribution in [0.2, 0.25) is 0 Å². The highest BCUT2D eigenvalue weighted by Gasteiger charge is 2.12. The van der Waals surface area contributed by atoms with Crippen molar-refractivity contribution in [3.63, 3.8) is 0 Å². The third-order valence-electron chi connectivity index (χ3n) is 4.60. The second-order valence-electron chi connectivity index (χ2n) is 6.80. The predicted molar refractivity (Wildman–Crippen MR) is 117 cm³/mol. The fraction of sp³-hybridized carbons (Fsp3) is 0.200. The summed E-state index contributed by atoms with van der Waals surface area (Å²) in [5.41, 5.74) is 11.2. The van der Waals surface area contributed by atoms with Crippen LogP contribution in [-0.2, 0) is 5.75 Å². The summed E-state index contributed by atoms with van der Waals surface area (Å²) in [7, 11) is 0. The molecule has 30 heavy (non-hydrogen) atoms. The number of nitrogens with two attached hydrogens (primary N) is 1. The molecule has 4 rings (SSSR count). The standard InChI is InChI=1S/C20H21N9S/c1-12-8-9-15(10-14(12)3)29-20(26-27-28-29)30-11-17-23-18(21)25-19(24-17)22-16-7-5-4-6-13(16)2/h4-10H,11H2,1-3H3,(H3,21,22,23,24,25). The number of aryl methyl sites for hydroxylation is 3. The molecule has 0 spiro atoms. The molecule has 0 radical (unpaired) electrons. The highest BCUT2D eigenvalue weighted by atomic mass is 32.2. The van der Waals surface area contributed by atoms with Crippen LogP contribution in [0.1, 0.15) is 22.5 Å². The van der Waals surface area contributed by atoms with Gasteiger partial charge in [0.15, 0.2) is 0 Å². The highest BCUT2D eigenvalue weighted by molar-refractivity contribution is 7.98. The van der Waals surface area contributed by atoms with E-state index in [9.17, 15) is 0 Å². The fourth-order valence-electron chi connectivity index (χ4n) is 2.81. The van der Waals surface area contributed by atoms with Crippen LogP contribution in [0.15, 0.2) is 47.6 Å². The summed E-state index contributed by atoms with van der Waals surface area (Å²) in [5.74, 6) is 1.55. The van der Waals surface area contributed by atoms with Gasteiger partial charge in [0.2, 0.25) is 17.1 Å². The van der Waals surface area contributed by atoms with Crippen LogP contribution in [0.5, 0.6) is 0 Å². The Labute approximate surface area is 178 Å². The zero-order chi connectivity index (χ0) is 21.1. The Bertz CT molecular complexity index is 1190. The second kappa shape index (κ2) is 8.46. The SMILES string of the molecule is Cc1ccc(-n2nnnc2SCc2nc(N)nc(Nc3ccccc3C)n2)cc1C. The Kier molecular flexibility index (Phi) is 5.57. The largest absolute Gasteiger partial charge is 0.368 e. The Morgan fingerprint density at radius 3 is 2.60 bits per heavy atom. The Balaban J connectivity index is 1.52. The first kappa shape index (κ1) is 19.8. The number of benzene rings is 2. The monoisotopic (exact) mass is 419 g/mol. The lowest BCUT2D eigenvalue weighted by Crippen LogP contribution is -2.07. The van der Waals surface area contributed by atoms with Gasteiger partial charge in [0.05, 0.1) is 11.4 Å². The topological polar surface area (TPSA) is 120 Å². The Morgan fingerprint density at radius 2 is 1.80 bits per heavy atom. The molecular weight excluding hydrogens is 398 g/mol. The summed E-state index contributed by atoms with van der Waals surface area (Å²) in [6.45, 7) is 6.14. The minimum Gasteiger partial charge on any atom is -0.368 e. The first-order chi connectivity index (χ1) is 14.5. The molecule has 0 amide bonds. The molecule has 0 saturated carbocycles. The lowest BCUT2D eigenvalue weighted by atomic mass is 10.1.